The largest absolute Gasteiger partial charge is 0.378 e. The first-order valence-electron chi connectivity index (χ1n) is 10.6. The van der Waals surface area contributed by atoms with Crippen LogP contribution in [0.15, 0.2) is 59.3 Å². The fraction of sp³-hybridized carbons (Fsp3) is 0.250. The summed E-state index contributed by atoms with van der Waals surface area (Å²) in [5, 5.41) is 7.67. The summed E-state index contributed by atoms with van der Waals surface area (Å²) in [4.78, 5) is 24.4. The monoisotopic (exact) mass is 429 g/mol. The lowest BCUT2D eigenvalue weighted by Crippen LogP contribution is -2.36. The molecule has 8 nitrogen and oxygen atoms in total. The summed E-state index contributed by atoms with van der Waals surface area (Å²) in [6, 6.07) is 15.4. The van der Waals surface area contributed by atoms with Crippen LogP contribution >= 0.6 is 0 Å². The third-order valence-corrected chi connectivity index (χ3v) is 5.53. The molecule has 0 spiro atoms. The number of amides is 1. The summed E-state index contributed by atoms with van der Waals surface area (Å²) in [5.74, 6) is 0.693. The van der Waals surface area contributed by atoms with E-state index in [9.17, 15) is 4.79 Å². The number of ether oxygens (including phenoxy) is 1. The minimum absolute atomic E-state index is 0.203. The second-order valence-electron chi connectivity index (χ2n) is 7.67. The molecule has 0 radical (unpaired) electrons. The second kappa shape index (κ2) is 8.76. The zero-order chi connectivity index (χ0) is 21.9. The van der Waals surface area contributed by atoms with Gasteiger partial charge in [0, 0.05) is 31.4 Å². The number of hydrogen-bond donors (Lipinski definition) is 1. The number of aryl methyl sites for hydroxylation is 1. The van der Waals surface area contributed by atoms with Gasteiger partial charge in [-0.3, -0.25) is 4.79 Å². The molecule has 1 aliphatic rings. The number of anilines is 1. The van der Waals surface area contributed by atoms with E-state index in [4.69, 9.17) is 9.26 Å². The standard InChI is InChI=1S/C24H23N5O3/c1-16-22-19(14-20(27-24(22)32-28-16)18-5-3-2-4-6-18)23(30)26-15-17-7-8-25-21(13-17)29-9-11-31-12-10-29/h2-8,13-14H,9-12,15H2,1H3,(H,26,30). The molecule has 0 aliphatic carbocycles. The molecule has 4 aromatic rings. The van der Waals surface area contributed by atoms with E-state index in [-0.39, 0.29) is 5.91 Å². The number of nitrogens with zero attached hydrogens (tertiary/aromatic N) is 4. The number of carbonyl (C=O) groups is 1. The number of carbonyl (C=O) groups excluding carboxylic acids is 1. The molecule has 1 saturated heterocycles. The Hall–Kier alpha value is -3.78. The van der Waals surface area contributed by atoms with Crippen molar-refractivity contribution in [3.8, 4) is 11.3 Å². The van der Waals surface area contributed by atoms with Gasteiger partial charge < -0.3 is 19.5 Å². The molecule has 1 fully saturated rings. The summed E-state index contributed by atoms with van der Waals surface area (Å²) < 4.78 is 10.8. The third-order valence-electron chi connectivity index (χ3n) is 5.53. The second-order valence-corrected chi connectivity index (χ2v) is 7.67. The Morgan fingerprint density at radius 2 is 1.94 bits per heavy atom. The molecule has 32 heavy (non-hydrogen) atoms. The summed E-state index contributed by atoms with van der Waals surface area (Å²) in [7, 11) is 0. The van der Waals surface area contributed by atoms with Crippen molar-refractivity contribution in [2.24, 2.45) is 0 Å². The highest BCUT2D eigenvalue weighted by molar-refractivity contribution is 6.06. The van der Waals surface area contributed by atoms with Gasteiger partial charge in [0.2, 0.25) is 0 Å². The van der Waals surface area contributed by atoms with Gasteiger partial charge in [0.25, 0.3) is 11.6 Å². The minimum Gasteiger partial charge on any atom is -0.378 e. The number of aromatic nitrogens is 3. The van der Waals surface area contributed by atoms with Gasteiger partial charge in [-0.05, 0) is 30.7 Å². The first-order valence-corrected chi connectivity index (χ1v) is 10.6. The zero-order valence-corrected chi connectivity index (χ0v) is 17.7. The SMILES string of the molecule is Cc1noc2nc(-c3ccccc3)cc(C(=O)NCc3ccnc(N4CCOCC4)c3)c12. The Labute approximate surface area is 185 Å². The van der Waals surface area contributed by atoms with Crippen LogP contribution in [-0.2, 0) is 11.3 Å². The normalized spacial score (nSPS) is 14.0. The van der Waals surface area contributed by atoms with Crippen LogP contribution in [0.25, 0.3) is 22.4 Å². The number of morpholine rings is 1. The summed E-state index contributed by atoms with van der Waals surface area (Å²) in [5.41, 5.74) is 4.03. The fourth-order valence-corrected chi connectivity index (χ4v) is 3.84. The van der Waals surface area contributed by atoms with Crippen LogP contribution in [0.1, 0.15) is 21.6 Å². The summed E-state index contributed by atoms with van der Waals surface area (Å²) in [6.07, 6.45) is 1.77. The Morgan fingerprint density at radius 1 is 1.12 bits per heavy atom. The van der Waals surface area contributed by atoms with E-state index in [0.29, 0.717) is 47.8 Å². The predicted octanol–water partition coefficient (Wildman–Crippen LogP) is 3.36. The van der Waals surface area contributed by atoms with Crippen molar-refractivity contribution in [1.82, 2.24) is 20.4 Å². The maximum atomic E-state index is 13.2. The maximum Gasteiger partial charge on any atom is 0.259 e. The third kappa shape index (κ3) is 4.04. The molecule has 1 aromatic carbocycles. The molecule has 3 aromatic heterocycles. The quantitative estimate of drug-likeness (QED) is 0.520. The van der Waals surface area contributed by atoms with Crippen LogP contribution in [0, 0.1) is 6.92 Å². The first kappa shape index (κ1) is 20.1. The molecular formula is C24H23N5O3. The smallest absolute Gasteiger partial charge is 0.259 e. The molecule has 1 N–H and O–H groups in total. The number of hydrogen-bond acceptors (Lipinski definition) is 7. The lowest BCUT2D eigenvalue weighted by Gasteiger charge is -2.28. The van der Waals surface area contributed by atoms with Crippen molar-refractivity contribution < 1.29 is 14.1 Å². The van der Waals surface area contributed by atoms with Crippen molar-refractivity contribution >= 4 is 22.8 Å². The minimum atomic E-state index is -0.203. The molecule has 4 heterocycles. The van der Waals surface area contributed by atoms with E-state index in [1.54, 1.807) is 12.3 Å². The maximum absolute atomic E-state index is 13.2. The van der Waals surface area contributed by atoms with Crippen molar-refractivity contribution in [2.75, 3.05) is 31.2 Å². The Balaban J connectivity index is 1.40. The van der Waals surface area contributed by atoms with Crippen molar-refractivity contribution in [3.63, 3.8) is 0 Å². The highest BCUT2D eigenvalue weighted by Gasteiger charge is 2.19. The molecule has 0 bridgehead atoms. The highest BCUT2D eigenvalue weighted by Crippen LogP contribution is 2.27. The molecule has 8 heteroatoms. The fourth-order valence-electron chi connectivity index (χ4n) is 3.84. The number of rotatable bonds is 5. The highest BCUT2D eigenvalue weighted by atomic mass is 16.5. The Morgan fingerprint density at radius 3 is 2.75 bits per heavy atom. The number of fused-ring (bicyclic) bond motifs is 1. The molecule has 0 atom stereocenters. The molecule has 0 saturated carbocycles. The van der Waals surface area contributed by atoms with Gasteiger partial charge >= 0.3 is 0 Å². The molecule has 0 unspecified atom stereocenters. The molecule has 1 aliphatic heterocycles. The van der Waals surface area contributed by atoms with Crippen LogP contribution in [-0.4, -0.2) is 47.3 Å². The number of benzene rings is 1. The molecule has 162 valence electrons. The zero-order valence-electron chi connectivity index (χ0n) is 17.7. The van der Waals surface area contributed by atoms with Crippen LogP contribution in [0.5, 0.6) is 0 Å². The Bertz CT molecular complexity index is 1250. The van der Waals surface area contributed by atoms with Gasteiger partial charge in [-0.25, -0.2) is 9.97 Å². The molecule has 1 amide bonds. The van der Waals surface area contributed by atoms with Gasteiger partial charge in [-0.15, -0.1) is 0 Å². The summed E-state index contributed by atoms with van der Waals surface area (Å²) >= 11 is 0. The molecular weight excluding hydrogens is 406 g/mol. The van der Waals surface area contributed by atoms with Gasteiger partial charge in [0.15, 0.2) is 0 Å². The topological polar surface area (TPSA) is 93.4 Å². The summed E-state index contributed by atoms with van der Waals surface area (Å²) in [6.45, 7) is 5.21. The number of pyridine rings is 2. The lowest BCUT2D eigenvalue weighted by atomic mass is 10.0. The predicted molar refractivity (Wildman–Crippen MR) is 120 cm³/mol. The molecule has 5 rings (SSSR count). The van der Waals surface area contributed by atoms with E-state index in [0.717, 1.165) is 30.0 Å². The van der Waals surface area contributed by atoms with Crippen LogP contribution in [0.2, 0.25) is 0 Å². The van der Waals surface area contributed by atoms with Crippen molar-refractivity contribution in [2.45, 2.75) is 13.5 Å². The van der Waals surface area contributed by atoms with E-state index in [1.807, 2.05) is 49.4 Å². The van der Waals surface area contributed by atoms with Gasteiger partial charge in [0.05, 0.1) is 35.6 Å². The van der Waals surface area contributed by atoms with E-state index in [1.165, 1.54) is 0 Å². The lowest BCUT2D eigenvalue weighted by molar-refractivity contribution is 0.0952. The van der Waals surface area contributed by atoms with Crippen molar-refractivity contribution in [1.29, 1.82) is 0 Å². The van der Waals surface area contributed by atoms with E-state index < -0.39 is 0 Å². The van der Waals surface area contributed by atoms with Gasteiger partial charge in [-0.1, -0.05) is 35.5 Å². The average Bonchev–Trinajstić information content (AvgIpc) is 3.24. The van der Waals surface area contributed by atoms with E-state index in [2.05, 4.69) is 25.3 Å². The van der Waals surface area contributed by atoms with Crippen LogP contribution in [0.3, 0.4) is 0 Å². The van der Waals surface area contributed by atoms with Gasteiger partial charge in [-0.2, -0.15) is 0 Å². The first-order chi connectivity index (χ1) is 15.7. The van der Waals surface area contributed by atoms with Crippen LogP contribution < -0.4 is 10.2 Å². The number of nitrogens with one attached hydrogen (secondary N) is 1. The Kier molecular flexibility index (Phi) is 5.51. The van der Waals surface area contributed by atoms with Crippen LogP contribution in [0.4, 0.5) is 5.82 Å². The van der Waals surface area contributed by atoms with E-state index >= 15 is 0 Å². The average molecular weight is 429 g/mol. The van der Waals surface area contributed by atoms with Crippen molar-refractivity contribution in [3.05, 3.63) is 71.5 Å². The van der Waals surface area contributed by atoms with Gasteiger partial charge in [0.1, 0.15) is 5.82 Å².